The summed E-state index contributed by atoms with van der Waals surface area (Å²) in [5.74, 6) is 0.515. The summed E-state index contributed by atoms with van der Waals surface area (Å²) in [5.41, 5.74) is 1.36. The number of benzene rings is 2. The van der Waals surface area contributed by atoms with Crippen molar-refractivity contribution in [1.82, 2.24) is 4.31 Å². The van der Waals surface area contributed by atoms with E-state index in [1.165, 1.54) is 0 Å². The van der Waals surface area contributed by atoms with E-state index in [9.17, 15) is 13.2 Å². The molecule has 1 N–H and O–H groups in total. The van der Waals surface area contributed by atoms with Gasteiger partial charge in [-0.1, -0.05) is 25.1 Å². The number of Topliss-reactive ketones (excluding diaryl/α,β-unsaturated/α-hetero) is 1. The Hall–Kier alpha value is -2.64. The van der Waals surface area contributed by atoms with Crippen molar-refractivity contribution in [2.24, 2.45) is 5.92 Å². The van der Waals surface area contributed by atoms with Crippen LogP contribution in [0.15, 0.2) is 63.9 Å². The van der Waals surface area contributed by atoms with Gasteiger partial charge in [0.2, 0.25) is 15.8 Å². The zero-order chi connectivity index (χ0) is 20.4. The van der Waals surface area contributed by atoms with Crippen molar-refractivity contribution in [3.63, 3.8) is 0 Å². The zero-order valence-electron chi connectivity index (χ0n) is 16.3. The summed E-state index contributed by atoms with van der Waals surface area (Å²) in [5, 5.41) is 3.92. The lowest BCUT2D eigenvalue weighted by Crippen LogP contribution is -2.39. The van der Waals surface area contributed by atoms with Gasteiger partial charge in [-0.2, -0.15) is 4.31 Å². The van der Waals surface area contributed by atoms with Crippen molar-refractivity contribution in [3.8, 4) is 0 Å². The predicted octanol–water partition coefficient (Wildman–Crippen LogP) is 4.15. The SMILES string of the molecule is CC1CCCN(S(=O)(=O)c2ccc(NCC(=O)c3cc4ccccc4o3)cc2)C1. The number of furan rings is 1. The zero-order valence-corrected chi connectivity index (χ0v) is 17.1. The first-order valence-electron chi connectivity index (χ1n) is 9.79. The fraction of sp³-hybridized carbons (Fsp3) is 0.318. The fourth-order valence-electron chi connectivity index (χ4n) is 3.65. The van der Waals surface area contributed by atoms with Gasteiger partial charge in [-0.3, -0.25) is 4.79 Å². The molecule has 0 saturated carbocycles. The van der Waals surface area contributed by atoms with Crippen molar-refractivity contribution in [3.05, 3.63) is 60.4 Å². The van der Waals surface area contributed by atoms with Crippen LogP contribution in [0.3, 0.4) is 0 Å². The van der Waals surface area contributed by atoms with Gasteiger partial charge in [0.1, 0.15) is 5.58 Å². The number of carbonyl (C=O) groups is 1. The fourth-order valence-corrected chi connectivity index (χ4v) is 5.25. The van der Waals surface area contributed by atoms with Crippen molar-refractivity contribution in [1.29, 1.82) is 0 Å². The molecule has 3 aromatic rings. The Balaban J connectivity index is 1.41. The van der Waals surface area contributed by atoms with E-state index in [4.69, 9.17) is 4.42 Å². The first kappa shape index (κ1) is 19.7. The molecule has 7 heteroatoms. The van der Waals surface area contributed by atoms with Gasteiger partial charge < -0.3 is 9.73 Å². The second-order valence-corrected chi connectivity index (χ2v) is 9.50. The Labute approximate surface area is 170 Å². The van der Waals surface area contributed by atoms with Gasteiger partial charge in [0.15, 0.2) is 5.76 Å². The first-order valence-corrected chi connectivity index (χ1v) is 11.2. The smallest absolute Gasteiger partial charge is 0.243 e. The number of rotatable bonds is 6. The van der Waals surface area contributed by atoms with E-state index < -0.39 is 10.0 Å². The van der Waals surface area contributed by atoms with Gasteiger partial charge in [-0.05, 0) is 55.2 Å². The quantitative estimate of drug-likeness (QED) is 0.615. The summed E-state index contributed by atoms with van der Waals surface area (Å²) in [7, 11) is -3.48. The van der Waals surface area contributed by atoms with Crippen LogP contribution in [0.25, 0.3) is 11.0 Å². The highest BCUT2D eigenvalue weighted by Gasteiger charge is 2.28. The lowest BCUT2D eigenvalue weighted by molar-refractivity contribution is 0.0982. The third kappa shape index (κ3) is 4.21. The highest BCUT2D eigenvalue weighted by molar-refractivity contribution is 7.89. The molecular weight excluding hydrogens is 388 g/mol. The van der Waals surface area contributed by atoms with Crippen LogP contribution in [-0.4, -0.2) is 38.1 Å². The second kappa shape index (κ2) is 8.00. The van der Waals surface area contributed by atoms with Crippen molar-refractivity contribution < 1.29 is 17.6 Å². The maximum absolute atomic E-state index is 12.8. The molecule has 2 heterocycles. The number of piperidine rings is 1. The number of hydrogen-bond donors (Lipinski definition) is 1. The molecule has 0 aliphatic carbocycles. The summed E-state index contributed by atoms with van der Waals surface area (Å²) in [6.07, 6.45) is 1.96. The number of carbonyl (C=O) groups excluding carboxylic acids is 1. The first-order chi connectivity index (χ1) is 13.9. The van der Waals surface area contributed by atoms with Crippen molar-refractivity contribution in [2.75, 3.05) is 25.0 Å². The van der Waals surface area contributed by atoms with Gasteiger partial charge in [0.25, 0.3) is 0 Å². The van der Waals surface area contributed by atoms with Gasteiger partial charge in [0, 0.05) is 24.2 Å². The number of para-hydroxylation sites is 1. The molecule has 1 saturated heterocycles. The Bertz CT molecular complexity index is 1090. The minimum atomic E-state index is -3.48. The van der Waals surface area contributed by atoms with E-state index in [1.54, 1.807) is 34.6 Å². The molecular formula is C22H24N2O4S. The highest BCUT2D eigenvalue weighted by atomic mass is 32.2. The highest BCUT2D eigenvalue weighted by Crippen LogP contribution is 2.24. The largest absolute Gasteiger partial charge is 0.453 e. The normalized spacial score (nSPS) is 18.0. The minimum Gasteiger partial charge on any atom is -0.453 e. The summed E-state index contributed by atoms with van der Waals surface area (Å²) < 4.78 is 32.8. The maximum atomic E-state index is 12.8. The topological polar surface area (TPSA) is 79.6 Å². The molecule has 0 amide bonds. The van der Waals surface area contributed by atoms with Gasteiger partial charge >= 0.3 is 0 Å². The van der Waals surface area contributed by atoms with Crippen LogP contribution in [0.1, 0.15) is 30.3 Å². The number of nitrogens with zero attached hydrogens (tertiary/aromatic N) is 1. The molecule has 1 unspecified atom stereocenters. The molecule has 29 heavy (non-hydrogen) atoms. The number of fused-ring (bicyclic) bond motifs is 1. The van der Waals surface area contributed by atoms with Crippen molar-refractivity contribution in [2.45, 2.75) is 24.7 Å². The van der Waals surface area contributed by atoms with Crippen molar-refractivity contribution >= 4 is 32.5 Å². The molecule has 152 valence electrons. The number of hydrogen-bond acceptors (Lipinski definition) is 5. The molecule has 1 aliphatic heterocycles. The summed E-state index contributed by atoms with van der Waals surface area (Å²) >= 11 is 0. The molecule has 1 atom stereocenters. The number of sulfonamides is 1. The maximum Gasteiger partial charge on any atom is 0.243 e. The molecule has 0 spiro atoms. The van der Waals surface area contributed by atoms with E-state index in [-0.39, 0.29) is 17.2 Å². The monoisotopic (exact) mass is 412 g/mol. The Kier molecular flexibility index (Phi) is 5.43. The van der Waals surface area contributed by atoms with Crippen LogP contribution in [0.4, 0.5) is 5.69 Å². The van der Waals surface area contributed by atoms with Crippen LogP contribution in [0, 0.1) is 5.92 Å². The average Bonchev–Trinajstić information content (AvgIpc) is 3.17. The third-order valence-electron chi connectivity index (χ3n) is 5.27. The molecule has 4 rings (SSSR count). The second-order valence-electron chi connectivity index (χ2n) is 7.56. The van der Waals surface area contributed by atoms with E-state index in [0.29, 0.717) is 36.0 Å². The van der Waals surface area contributed by atoms with Crippen LogP contribution in [-0.2, 0) is 10.0 Å². The lowest BCUT2D eigenvalue weighted by Gasteiger charge is -2.30. The Morgan fingerprint density at radius 2 is 1.93 bits per heavy atom. The Morgan fingerprint density at radius 1 is 1.17 bits per heavy atom. The molecule has 1 fully saturated rings. The van der Waals surface area contributed by atoms with Gasteiger partial charge in [-0.25, -0.2) is 8.42 Å². The molecule has 0 radical (unpaired) electrons. The molecule has 0 bridgehead atoms. The van der Waals surface area contributed by atoms with E-state index >= 15 is 0 Å². The Morgan fingerprint density at radius 3 is 2.66 bits per heavy atom. The molecule has 6 nitrogen and oxygen atoms in total. The number of nitrogens with one attached hydrogen (secondary N) is 1. The lowest BCUT2D eigenvalue weighted by atomic mass is 10.0. The molecule has 2 aromatic carbocycles. The molecule has 1 aromatic heterocycles. The van der Waals surface area contributed by atoms with Crippen LogP contribution in [0.2, 0.25) is 0 Å². The average molecular weight is 413 g/mol. The summed E-state index contributed by atoms with van der Waals surface area (Å²) in [6, 6.07) is 15.7. The number of ketones is 1. The van der Waals surface area contributed by atoms with E-state index in [2.05, 4.69) is 12.2 Å². The van der Waals surface area contributed by atoms with E-state index in [1.807, 2.05) is 24.3 Å². The predicted molar refractivity (Wildman–Crippen MR) is 113 cm³/mol. The standard InChI is InChI=1S/C22H24N2O4S/c1-16-5-4-12-24(15-16)29(26,27)19-10-8-18(9-11-19)23-14-20(25)22-13-17-6-2-3-7-21(17)28-22/h2-3,6-11,13,16,23H,4-5,12,14-15H2,1H3. The van der Waals surface area contributed by atoms with Crippen LogP contribution < -0.4 is 5.32 Å². The van der Waals surface area contributed by atoms with Gasteiger partial charge in [-0.15, -0.1) is 0 Å². The summed E-state index contributed by atoms with van der Waals surface area (Å²) in [4.78, 5) is 12.7. The van der Waals surface area contributed by atoms with Crippen LogP contribution in [0.5, 0.6) is 0 Å². The van der Waals surface area contributed by atoms with E-state index in [0.717, 1.165) is 18.2 Å². The van der Waals surface area contributed by atoms with Crippen LogP contribution >= 0.6 is 0 Å². The minimum absolute atomic E-state index is 0.0650. The van der Waals surface area contributed by atoms with Gasteiger partial charge in [0.05, 0.1) is 11.4 Å². The summed E-state index contributed by atoms with van der Waals surface area (Å²) in [6.45, 7) is 3.27. The third-order valence-corrected chi connectivity index (χ3v) is 7.14. The molecule has 1 aliphatic rings. The number of anilines is 1.